The van der Waals surface area contributed by atoms with Crippen LogP contribution in [0.25, 0.3) is 44.4 Å². The van der Waals surface area contributed by atoms with Gasteiger partial charge < -0.3 is 39.9 Å². The van der Waals surface area contributed by atoms with Gasteiger partial charge in [0.2, 0.25) is 11.8 Å². The summed E-state index contributed by atoms with van der Waals surface area (Å²) in [6.07, 6.45) is 6.61. The van der Waals surface area contributed by atoms with Gasteiger partial charge in [-0.2, -0.15) is 5.26 Å². The molecule has 1 saturated carbocycles. The number of nitrogens with zero attached hydrogens (tertiary/aromatic N) is 5. The number of nitriles is 1. The van der Waals surface area contributed by atoms with E-state index < -0.39 is 30.3 Å². The summed E-state index contributed by atoms with van der Waals surface area (Å²) in [4.78, 5) is 72.3. The number of carbonyl (C=O) groups is 4. The molecule has 4 N–H and O–H groups in total. The second-order valence-corrected chi connectivity index (χ2v) is 17.6. The van der Waals surface area contributed by atoms with Crippen LogP contribution >= 0.6 is 0 Å². The van der Waals surface area contributed by atoms with E-state index in [1.165, 1.54) is 14.2 Å². The smallest absolute Gasteiger partial charge is 0.407 e. The van der Waals surface area contributed by atoms with Crippen LogP contribution < -0.4 is 10.6 Å². The first kappa shape index (κ1) is 45.3. The molecule has 0 radical (unpaired) electrons. The number of benzene rings is 3. The molecule has 2 aliphatic rings. The van der Waals surface area contributed by atoms with Gasteiger partial charge in [-0.05, 0) is 82.5 Å². The average molecular weight is 870 g/mol. The molecular weight excluding hydrogens is 811 g/mol. The maximum absolute atomic E-state index is 14.0. The number of likely N-dealkylation sites (tertiary alicyclic amines) is 1. The zero-order valence-electron chi connectivity index (χ0n) is 37.7. The molecule has 1 aliphatic heterocycles. The van der Waals surface area contributed by atoms with Crippen LogP contribution in [-0.4, -0.2) is 93.1 Å². The van der Waals surface area contributed by atoms with E-state index in [0.717, 1.165) is 69.5 Å². The van der Waals surface area contributed by atoms with Gasteiger partial charge in [0, 0.05) is 18.7 Å². The molecule has 2 fully saturated rings. The summed E-state index contributed by atoms with van der Waals surface area (Å²) >= 11 is 0. The normalized spacial score (nSPS) is 17.0. The molecule has 4 amide bonds. The van der Waals surface area contributed by atoms with Crippen LogP contribution in [0.2, 0.25) is 0 Å². The highest BCUT2D eigenvalue weighted by molar-refractivity contribution is 5.91. The molecule has 2 aromatic heterocycles. The minimum absolute atomic E-state index is 0.111. The number of hydrogen-bond acceptors (Lipinski definition) is 9. The van der Waals surface area contributed by atoms with Crippen LogP contribution in [0.1, 0.15) is 96.9 Å². The third-order valence-corrected chi connectivity index (χ3v) is 13.1. The van der Waals surface area contributed by atoms with Gasteiger partial charge in [0.25, 0.3) is 0 Å². The Morgan fingerprint density at radius 2 is 1.42 bits per heavy atom. The van der Waals surface area contributed by atoms with E-state index in [4.69, 9.17) is 19.4 Å². The summed E-state index contributed by atoms with van der Waals surface area (Å²) in [5, 5.41) is 17.0. The van der Waals surface area contributed by atoms with Gasteiger partial charge in [0.15, 0.2) is 0 Å². The maximum atomic E-state index is 14.0. The Hall–Kier alpha value is -6.69. The Morgan fingerprint density at radius 1 is 0.828 bits per heavy atom. The van der Waals surface area contributed by atoms with Crippen molar-refractivity contribution in [3.63, 3.8) is 0 Å². The van der Waals surface area contributed by atoms with Crippen molar-refractivity contribution in [1.29, 1.82) is 5.26 Å². The lowest BCUT2D eigenvalue weighted by molar-refractivity contribution is -0.137. The number of rotatable bonds is 16. The van der Waals surface area contributed by atoms with E-state index in [1.54, 1.807) is 11.1 Å². The molecule has 1 aliphatic carbocycles. The number of carbonyl (C=O) groups excluding carboxylic acids is 4. The van der Waals surface area contributed by atoms with Crippen molar-refractivity contribution >= 4 is 34.8 Å². The third kappa shape index (κ3) is 9.61. The van der Waals surface area contributed by atoms with Crippen LogP contribution in [0.5, 0.6) is 0 Å². The molecular formula is C49H59N9O6. The van der Waals surface area contributed by atoms with E-state index in [0.29, 0.717) is 25.2 Å². The highest BCUT2D eigenvalue weighted by Crippen LogP contribution is 2.58. The number of hydrogen-bond donors (Lipinski definition) is 4. The number of fused-ring (bicyclic) bond motifs is 1. The van der Waals surface area contributed by atoms with Crippen LogP contribution in [-0.2, 0) is 19.1 Å². The first-order valence-corrected chi connectivity index (χ1v) is 22.2. The Labute approximate surface area is 374 Å². The number of imidazole rings is 2. The van der Waals surface area contributed by atoms with Crippen molar-refractivity contribution in [3.05, 3.63) is 84.7 Å². The highest BCUT2D eigenvalue weighted by Gasteiger charge is 2.55. The number of aromatic amines is 2. The molecule has 5 atom stereocenters. The number of nitrogens with one attached hydrogen (secondary N) is 4. The Bertz CT molecular complexity index is 2520. The molecule has 3 heterocycles. The lowest BCUT2D eigenvalue weighted by Gasteiger charge is -2.34. The second-order valence-electron chi connectivity index (χ2n) is 17.6. The van der Waals surface area contributed by atoms with Crippen molar-refractivity contribution in [2.75, 3.05) is 27.3 Å². The van der Waals surface area contributed by atoms with Gasteiger partial charge in [-0.15, -0.1) is 0 Å². The maximum Gasteiger partial charge on any atom is 0.407 e. The number of amides is 4. The third-order valence-electron chi connectivity index (χ3n) is 13.1. The standard InChI is InChI=1S/C49H59N9O6/c1-8-30(5)42(56-48(62)64-7)46(60)57(22-10-21-50)39(9-2)43-51-27-38(54-43)36-18-17-34-23-33(15-16-35(34)24-36)31-11-13-32(14-12-31)37-26-52-44(53-37)40-25-49(19-20-49)28-58(40)45(59)41(29(3)4)55-47(61)63-6/h11-18,23-24,26-27,29-30,39-42H,8-10,19-20,22,25,28H2,1-7H3,(H,51,54)(H,52,53)(H,55,61)(H,56,62)/t30-,39-,40-,41-,42-/m0/s1. The summed E-state index contributed by atoms with van der Waals surface area (Å²) < 4.78 is 9.64. The fraction of sp³-hybridized carbons (Fsp3) is 0.449. The SMILES string of the molecule is CC[C@H](C)[C@H](NC(=O)OC)C(=O)N(CCC#N)[C@@H](CC)c1ncc(-c2ccc3cc(-c4ccc(-c5cnc([C@@H]6CC7(CC7)CN6C(=O)[C@@H](NC(=O)OC)C(C)C)[nH]5)cc4)ccc3c2)[nH]1. The molecule has 5 aromatic rings. The topological polar surface area (TPSA) is 198 Å². The van der Waals surface area contributed by atoms with Crippen molar-refractivity contribution < 1.29 is 28.7 Å². The Balaban J connectivity index is 1.06. The first-order chi connectivity index (χ1) is 30.8. The van der Waals surface area contributed by atoms with Gasteiger partial charge >= 0.3 is 12.2 Å². The molecule has 7 rings (SSSR count). The van der Waals surface area contributed by atoms with Crippen LogP contribution in [0.15, 0.2) is 73.1 Å². The summed E-state index contributed by atoms with van der Waals surface area (Å²) in [5.41, 5.74) is 5.82. The quantitative estimate of drug-likeness (QED) is 0.0749. The number of aromatic nitrogens is 4. The van der Waals surface area contributed by atoms with Crippen molar-refractivity contribution in [3.8, 4) is 39.7 Å². The van der Waals surface area contributed by atoms with Crippen molar-refractivity contribution in [2.45, 2.75) is 97.3 Å². The molecule has 64 heavy (non-hydrogen) atoms. The van der Waals surface area contributed by atoms with Crippen LogP contribution in [0.3, 0.4) is 0 Å². The fourth-order valence-electron chi connectivity index (χ4n) is 8.89. The minimum atomic E-state index is -0.820. The van der Waals surface area contributed by atoms with E-state index in [9.17, 15) is 24.4 Å². The molecule has 0 unspecified atom stereocenters. The Morgan fingerprint density at radius 3 is 2.03 bits per heavy atom. The Kier molecular flexibility index (Phi) is 13.7. The number of alkyl carbamates (subject to hydrolysis) is 2. The lowest BCUT2D eigenvalue weighted by atomic mass is 9.96. The van der Waals surface area contributed by atoms with E-state index in [1.807, 2.05) is 51.8 Å². The van der Waals surface area contributed by atoms with E-state index in [2.05, 4.69) is 81.3 Å². The largest absolute Gasteiger partial charge is 0.453 e. The summed E-state index contributed by atoms with van der Waals surface area (Å²) in [7, 11) is 2.57. The second kappa shape index (κ2) is 19.4. The molecule has 1 saturated heterocycles. The van der Waals surface area contributed by atoms with Crippen molar-refractivity contribution in [2.24, 2.45) is 17.3 Å². The van der Waals surface area contributed by atoms with E-state index >= 15 is 0 Å². The van der Waals surface area contributed by atoms with Gasteiger partial charge in [-0.3, -0.25) is 9.59 Å². The number of ether oxygens (including phenoxy) is 2. The molecule has 15 heteroatoms. The van der Waals surface area contributed by atoms with Gasteiger partial charge in [-0.25, -0.2) is 19.6 Å². The zero-order chi connectivity index (χ0) is 45.7. The molecule has 336 valence electrons. The predicted octanol–water partition coefficient (Wildman–Crippen LogP) is 8.69. The average Bonchev–Trinajstić information content (AvgIpc) is 3.63. The number of H-pyrrole nitrogens is 2. The lowest BCUT2D eigenvalue weighted by Crippen LogP contribution is -2.52. The van der Waals surface area contributed by atoms with Crippen LogP contribution in [0.4, 0.5) is 9.59 Å². The first-order valence-electron chi connectivity index (χ1n) is 22.2. The summed E-state index contributed by atoms with van der Waals surface area (Å²) in [5.74, 6) is 0.663. The summed E-state index contributed by atoms with van der Waals surface area (Å²) in [6, 6.07) is 20.9. The zero-order valence-corrected chi connectivity index (χ0v) is 37.7. The number of methoxy groups -OCH3 is 2. The van der Waals surface area contributed by atoms with E-state index in [-0.39, 0.29) is 48.1 Å². The predicted molar refractivity (Wildman–Crippen MR) is 243 cm³/mol. The van der Waals surface area contributed by atoms with Crippen molar-refractivity contribution in [1.82, 2.24) is 40.4 Å². The fourth-order valence-corrected chi connectivity index (χ4v) is 8.89. The van der Waals surface area contributed by atoms with Gasteiger partial charge in [0.05, 0.1) is 62.6 Å². The van der Waals surface area contributed by atoms with Gasteiger partial charge in [0.1, 0.15) is 23.7 Å². The molecule has 1 spiro atoms. The molecule has 0 bridgehead atoms. The molecule has 3 aromatic carbocycles. The summed E-state index contributed by atoms with van der Waals surface area (Å²) in [6.45, 7) is 10.5. The minimum Gasteiger partial charge on any atom is -0.453 e. The molecule has 15 nitrogen and oxygen atoms in total. The van der Waals surface area contributed by atoms with Crippen LogP contribution in [0, 0.1) is 28.6 Å². The monoisotopic (exact) mass is 869 g/mol. The van der Waals surface area contributed by atoms with Gasteiger partial charge in [-0.1, -0.05) is 89.6 Å². The highest BCUT2D eigenvalue weighted by atomic mass is 16.5.